The molecule has 0 saturated carbocycles. The highest BCUT2D eigenvalue weighted by Gasteiger charge is 2.43. The maximum absolute atomic E-state index is 4.37. The lowest BCUT2D eigenvalue weighted by Crippen LogP contribution is -2.47. The maximum Gasteiger partial charge on any atom is 0.113 e. The Bertz CT molecular complexity index is 1020. The van der Waals surface area contributed by atoms with Gasteiger partial charge in [0.25, 0.3) is 0 Å². The minimum atomic E-state index is 0.648. The fraction of sp³-hybridized carbons (Fsp3) is 0.455. The van der Waals surface area contributed by atoms with E-state index in [-0.39, 0.29) is 0 Å². The zero-order valence-corrected chi connectivity index (χ0v) is 16.8. The number of para-hydroxylation sites is 2. The predicted molar refractivity (Wildman–Crippen MR) is 114 cm³/mol. The van der Waals surface area contributed by atoms with E-state index in [9.17, 15) is 0 Å². The van der Waals surface area contributed by atoms with E-state index in [1.807, 2.05) is 23.9 Å². The van der Waals surface area contributed by atoms with E-state index in [0.29, 0.717) is 12.0 Å². The van der Waals surface area contributed by atoms with Gasteiger partial charge in [-0.1, -0.05) is 29.5 Å². The summed E-state index contributed by atoms with van der Waals surface area (Å²) in [6.07, 6.45) is 2.56. The van der Waals surface area contributed by atoms with E-state index >= 15 is 0 Å². The number of piperidine rings is 1. The monoisotopic (exact) mass is 391 g/mol. The summed E-state index contributed by atoms with van der Waals surface area (Å²) in [6, 6.07) is 15.9. The molecule has 6 rings (SSSR count). The second-order valence-electron chi connectivity index (χ2n) is 8.15. The SMILES string of the molecule is c1cc2c3c(c1)[C@@H]1CN(CCn4nnc5ccccc54)CC[C@@H]1N3CCCS2. The third-order valence-corrected chi connectivity index (χ3v) is 7.76. The van der Waals surface area contributed by atoms with Crippen molar-refractivity contribution in [2.24, 2.45) is 0 Å². The van der Waals surface area contributed by atoms with Gasteiger partial charge >= 0.3 is 0 Å². The van der Waals surface area contributed by atoms with Gasteiger partial charge in [-0.15, -0.1) is 16.9 Å². The number of anilines is 1. The van der Waals surface area contributed by atoms with Crippen molar-refractivity contribution in [2.45, 2.75) is 36.2 Å². The van der Waals surface area contributed by atoms with E-state index in [1.165, 1.54) is 36.6 Å². The Kier molecular flexibility index (Phi) is 4.08. The Balaban J connectivity index is 1.22. The summed E-state index contributed by atoms with van der Waals surface area (Å²) < 4.78 is 2.06. The molecule has 3 aromatic rings. The molecule has 3 aliphatic rings. The number of nitrogens with zero attached hydrogens (tertiary/aromatic N) is 5. The number of aromatic nitrogens is 3. The van der Waals surface area contributed by atoms with Crippen LogP contribution in [0.3, 0.4) is 0 Å². The first kappa shape index (κ1) is 16.9. The molecular formula is C22H25N5S. The van der Waals surface area contributed by atoms with E-state index in [2.05, 4.69) is 55.1 Å². The van der Waals surface area contributed by atoms with Crippen molar-refractivity contribution < 1.29 is 0 Å². The van der Waals surface area contributed by atoms with Gasteiger partial charge < -0.3 is 9.80 Å². The lowest BCUT2D eigenvalue weighted by molar-refractivity contribution is 0.185. The van der Waals surface area contributed by atoms with Gasteiger partial charge in [-0.3, -0.25) is 0 Å². The third-order valence-electron chi connectivity index (χ3n) is 6.63. The molecule has 28 heavy (non-hydrogen) atoms. The number of thioether (sulfide) groups is 1. The predicted octanol–water partition coefficient (Wildman–Crippen LogP) is 3.61. The summed E-state index contributed by atoms with van der Waals surface area (Å²) in [5.41, 5.74) is 5.27. The van der Waals surface area contributed by atoms with Gasteiger partial charge in [0.15, 0.2) is 0 Å². The summed E-state index contributed by atoms with van der Waals surface area (Å²) in [6.45, 7) is 5.52. The highest BCUT2D eigenvalue weighted by atomic mass is 32.2. The third kappa shape index (κ3) is 2.65. The highest BCUT2D eigenvalue weighted by molar-refractivity contribution is 7.99. The highest BCUT2D eigenvalue weighted by Crippen LogP contribution is 2.50. The van der Waals surface area contributed by atoms with Crippen LogP contribution in [0.5, 0.6) is 0 Å². The Morgan fingerprint density at radius 1 is 1.04 bits per heavy atom. The lowest BCUT2D eigenvalue weighted by atomic mass is 9.89. The Hall–Kier alpha value is -2.05. The summed E-state index contributed by atoms with van der Waals surface area (Å²) in [4.78, 5) is 6.89. The van der Waals surface area contributed by atoms with E-state index in [0.717, 1.165) is 30.7 Å². The van der Waals surface area contributed by atoms with Crippen molar-refractivity contribution in [2.75, 3.05) is 36.8 Å². The largest absolute Gasteiger partial charge is 0.367 e. The van der Waals surface area contributed by atoms with Crippen molar-refractivity contribution >= 4 is 28.5 Å². The molecule has 0 radical (unpaired) electrons. The quantitative estimate of drug-likeness (QED) is 0.682. The molecule has 0 bridgehead atoms. The smallest absolute Gasteiger partial charge is 0.113 e. The average Bonchev–Trinajstić information content (AvgIpc) is 3.20. The molecule has 1 fully saturated rings. The minimum Gasteiger partial charge on any atom is -0.367 e. The van der Waals surface area contributed by atoms with Crippen LogP contribution in [0, 0.1) is 0 Å². The van der Waals surface area contributed by atoms with Gasteiger partial charge in [0, 0.05) is 43.0 Å². The normalized spacial score (nSPS) is 24.2. The van der Waals surface area contributed by atoms with Crippen LogP contribution in [0.1, 0.15) is 24.3 Å². The number of likely N-dealkylation sites (tertiary alicyclic amines) is 1. The van der Waals surface area contributed by atoms with Crippen molar-refractivity contribution in [3.05, 3.63) is 48.0 Å². The second-order valence-corrected chi connectivity index (χ2v) is 9.29. The van der Waals surface area contributed by atoms with Crippen molar-refractivity contribution in [1.29, 1.82) is 0 Å². The Morgan fingerprint density at radius 2 is 2.00 bits per heavy atom. The topological polar surface area (TPSA) is 37.2 Å². The molecule has 2 aromatic carbocycles. The number of benzene rings is 2. The molecule has 0 aliphatic carbocycles. The lowest BCUT2D eigenvalue weighted by Gasteiger charge is -2.39. The van der Waals surface area contributed by atoms with Crippen LogP contribution in [-0.4, -0.2) is 57.9 Å². The van der Waals surface area contributed by atoms with Crippen molar-refractivity contribution in [3.8, 4) is 0 Å². The van der Waals surface area contributed by atoms with Crippen LogP contribution in [-0.2, 0) is 6.54 Å². The molecule has 2 atom stereocenters. The zero-order valence-electron chi connectivity index (χ0n) is 16.0. The first-order valence-corrected chi connectivity index (χ1v) is 11.4. The van der Waals surface area contributed by atoms with Crippen LogP contribution >= 0.6 is 11.8 Å². The van der Waals surface area contributed by atoms with Crippen molar-refractivity contribution in [1.82, 2.24) is 19.9 Å². The molecule has 0 spiro atoms. The molecule has 144 valence electrons. The number of rotatable bonds is 3. The molecule has 0 N–H and O–H groups in total. The van der Waals surface area contributed by atoms with E-state index in [4.69, 9.17) is 0 Å². The molecule has 6 heteroatoms. The number of hydrogen-bond acceptors (Lipinski definition) is 5. The second kappa shape index (κ2) is 6.78. The van der Waals surface area contributed by atoms with Crippen LogP contribution in [0.4, 0.5) is 5.69 Å². The molecule has 1 aromatic heterocycles. The van der Waals surface area contributed by atoms with Crippen LogP contribution in [0.2, 0.25) is 0 Å². The Labute approximate surface area is 169 Å². The van der Waals surface area contributed by atoms with Gasteiger partial charge in [0.1, 0.15) is 5.52 Å². The first-order chi connectivity index (χ1) is 13.9. The molecule has 5 nitrogen and oxygen atoms in total. The summed E-state index contributed by atoms with van der Waals surface area (Å²) in [5.74, 6) is 1.90. The minimum absolute atomic E-state index is 0.648. The van der Waals surface area contributed by atoms with Gasteiger partial charge in [0.05, 0.1) is 17.7 Å². The summed E-state index contributed by atoms with van der Waals surface area (Å²) in [5, 5.41) is 8.66. The fourth-order valence-corrected chi connectivity index (χ4v) is 6.37. The molecule has 4 heterocycles. The van der Waals surface area contributed by atoms with E-state index in [1.54, 1.807) is 11.3 Å². The molecular weight excluding hydrogens is 366 g/mol. The zero-order chi connectivity index (χ0) is 18.5. The first-order valence-electron chi connectivity index (χ1n) is 10.4. The summed E-state index contributed by atoms with van der Waals surface area (Å²) >= 11 is 2.05. The summed E-state index contributed by atoms with van der Waals surface area (Å²) in [7, 11) is 0. The van der Waals surface area contributed by atoms with Gasteiger partial charge in [-0.2, -0.15) is 0 Å². The maximum atomic E-state index is 4.37. The molecule has 3 aliphatic heterocycles. The van der Waals surface area contributed by atoms with Gasteiger partial charge in [-0.05, 0) is 42.4 Å². The van der Waals surface area contributed by atoms with Gasteiger partial charge in [0.2, 0.25) is 0 Å². The van der Waals surface area contributed by atoms with Crippen LogP contribution < -0.4 is 4.90 Å². The van der Waals surface area contributed by atoms with Crippen LogP contribution in [0.15, 0.2) is 47.4 Å². The fourth-order valence-electron chi connectivity index (χ4n) is 5.33. The standard InChI is InChI=1S/C22H25N5S/c1-2-7-20-18(6-1)23-24-27(20)13-12-25-11-9-19-17(15-25)16-5-3-8-21-22(16)26(19)10-4-14-28-21/h1-3,5-8,17,19H,4,9-15H2/t17-,19-/m0/s1. The van der Waals surface area contributed by atoms with Crippen LogP contribution in [0.25, 0.3) is 11.0 Å². The van der Waals surface area contributed by atoms with Gasteiger partial charge in [-0.25, -0.2) is 4.68 Å². The number of hydrogen-bond donors (Lipinski definition) is 0. The van der Waals surface area contributed by atoms with E-state index < -0.39 is 0 Å². The molecule has 0 amide bonds. The average molecular weight is 392 g/mol. The molecule has 1 saturated heterocycles. The Morgan fingerprint density at radius 3 is 3.00 bits per heavy atom. The molecule has 0 unspecified atom stereocenters. The van der Waals surface area contributed by atoms with Crippen molar-refractivity contribution in [3.63, 3.8) is 0 Å². The number of fused-ring (bicyclic) bond motifs is 4.